The number of hydrogen-bond donors (Lipinski definition) is 2. The molecule has 0 radical (unpaired) electrons. The highest BCUT2D eigenvalue weighted by atomic mass is 19.4. The molecule has 2 rings (SSSR count). The Morgan fingerprint density at radius 1 is 1.12 bits per heavy atom. The first-order chi connectivity index (χ1) is 11.3. The van der Waals surface area contributed by atoms with Crippen LogP contribution in [0.3, 0.4) is 0 Å². The van der Waals surface area contributed by atoms with Gasteiger partial charge in [-0.1, -0.05) is 31.4 Å². The van der Waals surface area contributed by atoms with Crippen LogP contribution < -0.4 is 5.32 Å². The Bertz CT molecular complexity index is 578. The van der Waals surface area contributed by atoms with Crippen LogP contribution in [0.4, 0.5) is 13.2 Å². The van der Waals surface area contributed by atoms with E-state index in [0.29, 0.717) is 5.56 Å². The second-order valence-electron chi connectivity index (χ2n) is 6.15. The molecule has 2 N–H and O–H groups in total. The van der Waals surface area contributed by atoms with Gasteiger partial charge in [-0.25, -0.2) is 4.79 Å². The molecule has 1 aliphatic rings. The molecule has 0 spiro atoms. The average molecular weight is 343 g/mol. The van der Waals surface area contributed by atoms with Crippen LogP contribution in [0, 0.1) is 5.92 Å². The number of amides is 1. The molecule has 24 heavy (non-hydrogen) atoms. The minimum atomic E-state index is -4.42. The van der Waals surface area contributed by atoms with E-state index in [2.05, 4.69) is 5.32 Å². The van der Waals surface area contributed by atoms with Gasteiger partial charge in [-0.2, -0.15) is 13.2 Å². The minimum Gasteiger partial charge on any atom is -0.480 e. The maximum absolute atomic E-state index is 12.5. The molecule has 1 saturated carbocycles. The van der Waals surface area contributed by atoms with Gasteiger partial charge >= 0.3 is 12.1 Å². The SMILES string of the molecule is O=C(Cc1ccc(C(F)(F)F)cc1)N[C@H](C(=O)O)C1CCCCC1. The van der Waals surface area contributed by atoms with Crippen molar-refractivity contribution in [1.29, 1.82) is 0 Å². The molecule has 1 amide bonds. The number of hydrogen-bond acceptors (Lipinski definition) is 2. The standard InChI is InChI=1S/C17H20F3NO3/c18-17(19,20)13-8-6-11(7-9-13)10-14(22)21-15(16(23)24)12-4-2-1-3-5-12/h6-9,12,15H,1-5,10H2,(H,21,22)(H,23,24)/t15-/m0/s1. The van der Waals surface area contributed by atoms with Crippen molar-refractivity contribution < 1.29 is 27.9 Å². The van der Waals surface area contributed by atoms with Crippen molar-refractivity contribution in [3.05, 3.63) is 35.4 Å². The highest BCUT2D eigenvalue weighted by Gasteiger charge is 2.31. The number of benzene rings is 1. The van der Waals surface area contributed by atoms with Gasteiger partial charge in [0.1, 0.15) is 6.04 Å². The first-order valence-electron chi connectivity index (χ1n) is 7.95. The second-order valence-corrected chi connectivity index (χ2v) is 6.15. The van der Waals surface area contributed by atoms with E-state index in [1.165, 1.54) is 12.1 Å². The quantitative estimate of drug-likeness (QED) is 0.861. The van der Waals surface area contributed by atoms with Gasteiger partial charge in [-0.05, 0) is 36.5 Å². The normalized spacial score (nSPS) is 17.3. The number of alkyl halides is 3. The molecule has 0 unspecified atom stereocenters. The Hall–Kier alpha value is -2.05. The maximum atomic E-state index is 12.5. The van der Waals surface area contributed by atoms with E-state index in [1.807, 2.05) is 0 Å². The van der Waals surface area contributed by atoms with Crippen molar-refractivity contribution in [3.63, 3.8) is 0 Å². The zero-order valence-electron chi connectivity index (χ0n) is 13.1. The van der Waals surface area contributed by atoms with E-state index >= 15 is 0 Å². The van der Waals surface area contributed by atoms with Gasteiger partial charge in [0.2, 0.25) is 5.91 Å². The molecule has 0 aromatic heterocycles. The van der Waals surface area contributed by atoms with E-state index in [1.54, 1.807) is 0 Å². The fraction of sp³-hybridized carbons (Fsp3) is 0.529. The van der Waals surface area contributed by atoms with Crippen molar-refractivity contribution in [2.45, 2.75) is 50.7 Å². The van der Waals surface area contributed by atoms with Gasteiger partial charge in [0, 0.05) is 0 Å². The van der Waals surface area contributed by atoms with Crippen molar-refractivity contribution in [3.8, 4) is 0 Å². The van der Waals surface area contributed by atoms with Gasteiger partial charge in [0.25, 0.3) is 0 Å². The van der Waals surface area contributed by atoms with Crippen molar-refractivity contribution in [1.82, 2.24) is 5.32 Å². The Balaban J connectivity index is 1.96. The molecular weight excluding hydrogens is 323 g/mol. The van der Waals surface area contributed by atoms with Gasteiger partial charge in [0.05, 0.1) is 12.0 Å². The molecule has 0 heterocycles. The minimum absolute atomic E-state index is 0.0900. The number of carbonyl (C=O) groups is 2. The summed E-state index contributed by atoms with van der Waals surface area (Å²) in [7, 11) is 0. The molecule has 0 saturated heterocycles. The molecule has 4 nitrogen and oxygen atoms in total. The molecule has 1 atom stereocenters. The largest absolute Gasteiger partial charge is 0.480 e. The Morgan fingerprint density at radius 3 is 2.21 bits per heavy atom. The van der Waals surface area contributed by atoms with Crippen molar-refractivity contribution in [2.24, 2.45) is 5.92 Å². The van der Waals surface area contributed by atoms with Gasteiger partial charge in [0.15, 0.2) is 0 Å². The van der Waals surface area contributed by atoms with Crippen LogP contribution in [0.25, 0.3) is 0 Å². The lowest BCUT2D eigenvalue weighted by Gasteiger charge is -2.28. The first kappa shape index (κ1) is 18.3. The lowest BCUT2D eigenvalue weighted by Crippen LogP contribution is -2.47. The summed E-state index contributed by atoms with van der Waals surface area (Å²) < 4.78 is 37.5. The Morgan fingerprint density at radius 2 is 1.71 bits per heavy atom. The van der Waals surface area contributed by atoms with E-state index in [4.69, 9.17) is 0 Å². The lowest BCUT2D eigenvalue weighted by atomic mass is 9.84. The average Bonchev–Trinajstić information content (AvgIpc) is 2.53. The summed E-state index contributed by atoms with van der Waals surface area (Å²) in [4.78, 5) is 23.5. The number of carbonyl (C=O) groups excluding carboxylic acids is 1. The predicted octanol–water partition coefficient (Wildman–Crippen LogP) is 3.40. The van der Waals surface area contributed by atoms with Gasteiger partial charge in [-0.3, -0.25) is 4.79 Å². The lowest BCUT2D eigenvalue weighted by molar-refractivity contribution is -0.143. The zero-order valence-corrected chi connectivity index (χ0v) is 13.1. The smallest absolute Gasteiger partial charge is 0.416 e. The van der Waals surface area contributed by atoms with Crippen LogP contribution >= 0.6 is 0 Å². The number of nitrogens with one attached hydrogen (secondary N) is 1. The van der Waals surface area contributed by atoms with E-state index < -0.39 is 29.7 Å². The molecule has 132 valence electrons. The third-order valence-corrected chi connectivity index (χ3v) is 4.35. The summed E-state index contributed by atoms with van der Waals surface area (Å²) in [5, 5.41) is 11.8. The zero-order chi connectivity index (χ0) is 17.7. The number of halogens is 3. The molecule has 7 heteroatoms. The highest BCUT2D eigenvalue weighted by molar-refractivity contribution is 5.85. The second kappa shape index (κ2) is 7.68. The van der Waals surface area contributed by atoms with Gasteiger partial charge in [-0.15, -0.1) is 0 Å². The summed E-state index contributed by atoms with van der Waals surface area (Å²) in [5.74, 6) is -1.65. The van der Waals surface area contributed by atoms with Crippen LogP contribution in [0.5, 0.6) is 0 Å². The Labute approximate surface area is 138 Å². The fourth-order valence-electron chi connectivity index (χ4n) is 3.07. The van der Waals surface area contributed by atoms with Crippen LogP contribution in [0.1, 0.15) is 43.2 Å². The highest BCUT2D eigenvalue weighted by Crippen LogP contribution is 2.29. The number of rotatable bonds is 5. The summed E-state index contributed by atoms with van der Waals surface area (Å²) in [6, 6.07) is 3.36. The van der Waals surface area contributed by atoms with Gasteiger partial charge < -0.3 is 10.4 Å². The van der Waals surface area contributed by atoms with E-state index in [-0.39, 0.29) is 12.3 Å². The van der Waals surface area contributed by atoms with Crippen LogP contribution in [-0.2, 0) is 22.2 Å². The third-order valence-electron chi connectivity index (χ3n) is 4.35. The molecule has 1 aromatic carbocycles. The van der Waals surface area contributed by atoms with Crippen LogP contribution in [0.15, 0.2) is 24.3 Å². The molecule has 0 bridgehead atoms. The summed E-state index contributed by atoms with van der Waals surface area (Å²) in [6.07, 6.45) is -0.0748. The van der Waals surface area contributed by atoms with Crippen LogP contribution in [0.2, 0.25) is 0 Å². The maximum Gasteiger partial charge on any atom is 0.416 e. The number of aliphatic carboxylic acids is 1. The Kier molecular flexibility index (Phi) is 5.85. The van der Waals surface area contributed by atoms with Crippen LogP contribution in [-0.4, -0.2) is 23.0 Å². The summed E-state index contributed by atoms with van der Waals surface area (Å²) in [6.45, 7) is 0. The summed E-state index contributed by atoms with van der Waals surface area (Å²) in [5.41, 5.74) is -0.370. The fourth-order valence-corrected chi connectivity index (χ4v) is 3.07. The van der Waals surface area contributed by atoms with E-state index in [9.17, 15) is 27.9 Å². The molecular formula is C17H20F3NO3. The van der Waals surface area contributed by atoms with E-state index in [0.717, 1.165) is 44.2 Å². The number of carboxylic acids is 1. The molecule has 0 aliphatic heterocycles. The monoisotopic (exact) mass is 343 g/mol. The number of carboxylic acid groups (broad SMARTS) is 1. The topological polar surface area (TPSA) is 66.4 Å². The molecule has 1 fully saturated rings. The molecule has 1 aliphatic carbocycles. The molecule has 1 aromatic rings. The van der Waals surface area contributed by atoms with Crippen molar-refractivity contribution >= 4 is 11.9 Å². The first-order valence-corrected chi connectivity index (χ1v) is 7.95. The predicted molar refractivity (Wildman–Crippen MR) is 81.3 cm³/mol. The van der Waals surface area contributed by atoms with Crippen molar-refractivity contribution in [2.75, 3.05) is 0 Å². The third kappa shape index (κ3) is 4.97. The summed E-state index contributed by atoms with van der Waals surface area (Å²) >= 11 is 0.